The van der Waals surface area contributed by atoms with Gasteiger partial charge in [-0.2, -0.15) is 0 Å². The van der Waals surface area contributed by atoms with E-state index in [1.54, 1.807) is 19.1 Å². The Bertz CT molecular complexity index is 630. The summed E-state index contributed by atoms with van der Waals surface area (Å²) in [6, 6.07) is 7.67. The number of hydrogen-bond donors (Lipinski definition) is 1. The Kier molecular flexibility index (Phi) is 5.58. The molecule has 0 spiro atoms. The summed E-state index contributed by atoms with van der Waals surface area (Å²) in [5.74, 6) is 0.594. The van der Waals surface area contributed by atoms with Crippen LogP contribution < -0.4 is 10.1 Å². The van der Waals surface area contributed by atoms with Gasteiger partial charge < -0.3 is 19.7 Å². The molecule has 2 atom stereocenters. The van der Waals surface area contributed by atoms with Crippen molar-refractivity contribution in [2.24, 2.45) is 5.92 Å². The molecule has 0 bridgehead atoms. The summed E-state index contributed by atoms with van der Waals surface area (Å²) in [5, 5.41) is 3.10. The molecule has 1 aliphatic carbocycles. The van der Waals surface area contributed by atoms with Gasteiger partial charge in [0.1, 0.15) is 5.75 Å². The fourth-order valence-corrected chi connectivity index (χ4v) is 3.45. The maximum Gasteiger partial charge on any atom is 0.225 e. The lowest BCUT2D eigenvalue weighted by Crippen LogP contribution is -2.49. The molecule has 1 saturated heterocycles. The van der Waals surface area contributed by atoms with Crippen LogP contribution in [0.1, 0.15) is 37.3 Å². The summed E-state index contributed by atoms with van der Waals surface area (Å²) in [6.07, 6.45) is 3.07. The quantitative estimate of drug-likeness (QED) is 0.819. The zero-order valence-electron chi connectivity index (χ0n) is 14.9. The van der Waals surface area contributed by atoms with Crippen molar-refractivity contribution in [3.05, 3.63) is 29.8 Å². The number of nitrogens with one attached hydrogen (secondary N) is 1. The average Bonchev–Trinajstić information content (AvgIpc) is 3.44. The van der Waals surface area contributed by atoms with Gasteiger partial charge in [-0.1, -0.05) is 12.1 Å². The highest BCUT2D eigenvalue weighted by molar-refractivity contribution is 5.85. The fraction of sp³-hybridized carbons (Fsp3) is 0.579. The first-order valence-electron chi connectivity index (χ1n) is 8.86. The Morgan fingerprint density at radius 1 is 1.28 bits per heavy atom. The molecule has 2 aliphatic rings. The third-order valence-corrected chi connectivity index (χ3v) is 4.94. The molecule has 1 N–H and O–H groups in total. The van der Waals surface area contributed by atoms with Crippen molar-refractivity contribution in [2.75, 3.05) is 27.4 Å². The van der Waals surface area contributed by atoms with E-state index in [4.69, 9.17) is 9.47 Å². The van der Waals surface area contributed by atoms with Crippen molar-refractivity contribution in [1.82, 2.24) is 10.2 Å². The van der Waals surface area contributed by atoms with Gasteiger partial charge in [-0.05, 0) is 37.0 Å². The molecule has 3 rings (SSSR count). The van der Waals surface area contributed by atoms with E-state index in [9.17, 15) is 9.59 Å². The Morgan fingerprint density at radius 2 is 2.08 bits per heavy atom. The van der Waals surface area contributed by atoms with Crippen LogP contribution in [0, 0.1) is 5.92 Å². The second-order valence-corrected chi connectivity index (χ2v) is 6.73. The first-order chi connectivity index (χ1) is 12.1. The largest absolute Gasteiger partial charge is 0.497 e. The van der Waals surface area contributed by atoms with Gasteiger partial charge in [-0.3, -0.25) is 9.59 Å². The molecule has 1 aliphatic heterocycles. The summed E-state index contributed by atoms with van der Waals surface area (Å²) < 4.78 is 10.5. The van der Waals surface area contributed by atoms with Gasteiger partial charge in [0.05, 0.1) is 25.7 Å². The molecular formula is C19H26N2O4. The van der Waals surface area contributed by atoms with Crippen LogP contribution in [-0.2, 0) is 14.3 Å². The molecule has 6 heteroatoms. The van der Waals surface area contributed by atoms with Gasteiger partial charge in [0.25, 0.3) is 0 Å². The van der Waals surface area contributed by atoms with Crippen LogP contribution >= 0.6 is 0 Å². The van der Waals surface area contributed by atoms with Gasteiger partial charge in [0.2, 0.25) is 11.8 Å². The first-order valence-corrected chi connectivity index (χ1v) is 8.86. The number of methoxy groups -OCH3 is 2. The van der Waals surface area contributed by atoms with Crippen LogP contribution in [0.5, 0.6) is 5.75 Å². The van der Waals surface area contributed by atoms with Crippen molar-refractivity contribution < 1.29 is 19.1 Å². The number of carbonyl (C=O) groups excluding carboxylic acids is 2. The van der Waals surface area contributed by atoms with E-state index in [-0.39, 0.29) is 23.8 Å². The van der Waals surface area contributed by atoms with Crippen molar-refractivity contribution in [2.45, 2.75) is 37.8 Å². The Morgan fingerprint density at radius 3 is 2.76 bits per heavy atom. The Balaban J connectivity index is 1.91. The fourth-order valence-electron chi connectivity index (χ4n) is 3.45. The second-order valence-electron chi connectivity index (χ2n) is 6.73. The monoisotopic (exact) mass is 346 g/mol. The van der Waals surface area contributed by atoms with Crippen LogP contribution in [0.4, 0.5) is 0 Å². The smallest absolute Gasteiger partial charge is 0.225 e. The van der Waals surface area contributed by atoms with E-state index >= 15 is 0 Å². The van der Waals surface area contributed by atoms with Crippen molar-refractivity contribution >= 4 is 11.8 Å². The van der Waals surface area contributed by atoms with E-state index in [0.29, 0.717) is 32.0 Å². The van der Waals surface area contributed by atoms with Gasteiger partial charge in [-0.15, -0.1) is 0 Å². The number of benzene rings is 1. The van der Waals surface area contributed by atoms with E-state index in [1.165, 1.54) is 0 Å². The minimum Gasteiger partial charge on any atom is -0.497 e. The molecule has 1 aromatic rings. The number of carbonyl (C=O) groups is 2. The number of amides is 2. The van der Waals surface area contributed by atoms with E-state index in [2.05, 4.69) is 5.32 Å². The highest BCUT2D eigenvalue weighted by atomic mass is 16.5. The van der Waals surface area contributed by atoms with Crippen LogP contribution in [-0.4, -0.2) is 50.1 Å². The lowest BCUT2D eigenvalue weighted by Gasteiger charge is -2.41. The minimum absolute atomic E-state index is 0.0465. The number of rotatable bonds is 7. The molecule has 2 amide bonds. The molecule has 25 heavy (non-hydrogen) atoms. The maximum atomic E-state index is 12.8. The first kappa shape index (κ1) is 17.7. The van der Waals surface area contributed by atoms with Crippen LogP contribution in [0.2, 0.25) is 0 Å². The lowest BCUT2D eigenvalue weighted by molar-refractivity contribution is -0.144. The van der Waals surface area contributed by atoms with E-state index in [0.717, 1.165) is 24.2 Å². The third-order valence-electron chi connectivity index (χ3n) is 4.94. The maximum absolute atomic E-state index is 12.8. The third kappa shape index (κ3) is 4.12. The number of nitrogens with zero attached hydrogens (tertiary/aromatic N) is 1. The SMILES string of the molecule is COCCN1C(=O)CC[C@@H](C(=O)NC2CC2)[C@@H]1c1cccc(OC)c1. The van der Waals surface area contributed by atoms with Crippen LogP contribution in [0.25, 0.3) is 0 Å². The lowest BCUT2D eigenvalue weighted by atomic mass is 9.83. The predicted molar refractivity (Wildman–Crippen MR) is 93.2 cm³/mol. The molecule has 0 aromatic heterocycles. The molecule has 6 nitrogen and oxygen atoms in total. The van der Waals surface area contributed by atoms with Gasteiger partial charge >= 0.3 is 0 Å². The molecule has 0 unspecified atom stereocenters. The number of likely N-dealkylation sites (tertiary alicyclic amines) is 1. The summed E-state index contributed by atoms with van der Waals surface area (Å²) in [4.78, 5) is 27.1. The van der Waals surface area contributed by atoms with E-state index in [1.807, 2.05) is 24.3 Å². The second kappa shape index (κ2) is 7.87. The molecule has 136 valence electrons. The van der Waals surface area contributed by atoms with Gasteiger partial charge in [0, 0.05) is 26.1 Å². The normalized spacial score (nSPS) is 23.4. The number of ether oxygens (including phenoxy) is 2. The molecule has 1 aromatic carbocycles. The summed E-state index contributed by atoms with van der Waals surface area (Å²) >= 11 is 0. The minimum atomic E-state index is -0.287. The molecule has 1 saturated carbocycles. The zero-order valence-corrected chi connectivity index (χ0v) is 14.9. The highest BCUT2D eigenvalue weighted by Gasteiger charge is 2.41. The van der Waals surface area contributed by atoms with Crippen LogP contribution in [0.15, 0.2) is 24.3 Å². The number of piperidine rings is 1. The van der Waals surface area contributed by atoms with Crippen molar-refractivity contribution in [1.29, 1.82) is 0 Å². The predicted octanol–water partition coefficient (Wildman–Crippen LogP) is 1.90. The molecule has 2 fully saturated rings. The molecular weight excluding hydrogens is 320 g/mol. The Labute approximate surface area is 148 Å². The Hall–Kier alpha value is -2.08. The highest BCUT2D eigenvalue weighted by Crippen LogP contribution is 2.38. The van der Waals surface area contributed by atoms with Crippen molar-refractivity contribution in [3.63, 3.8) is 0 Å². The van der Waals surface area contributed by atoms with Crippen molar-refractivity contribution in [3.8, 4) is 5.75 Å². The molecule has 0 radical (unpaired) electrons. The zero-order chi connectivity index (χ0) is 17.8. The van der Waals surface area contributed by atoms with Gasteiger partial charge in [0.15, 0.2) is 0 Å². The summed E-state index contributed by atoms with van der Waals surface area (Å²) in [6.45, 7) is 0.924. The summed E-state index contributed by atoms with van der Waals surface area (Å²) in [5.41, 5.74) is 0.930. The molecule has 1 heterocycles. The topological polar surface area (TPSA) is 67.9 Å². The summed E-state index contributed by atoms with van der Waals surface area (Å²) in [7, 11) is 3.23. The standard InChI is InChI=1S/C19H26N2O4/c1-24-11-10-21-17(22)9-8-16(19(23)20-14-6-7-14)18(21)13-4-3-5-15(12-13)25-2/h3-5,12,14,16,18H,6-11H2,1-2H3,(H,20,23)/t16-,18+/m1/s1. The average molecular weight is 346 g/mol. The van der Waals surface area contributed by atoms with E-state index < -0.39 is 0 Å². The number of hydrogen-bond acceptors (Lipinski definition) is 4. The van der Waals surface area contributed by atoms with Gasteiger partial charge in [-0.25, -0.2) is 0 Å². The van der Waals surface area contributed by atoms with Crippen LogP contribution in [0.3, 0.4) is 0 Å².